The number of rotatable bonds is 3. The first kappa shape index (κ1) is 12.7. The molecule has 20 heavy (non-hydrogen) atoms. The van der Waals surface area contributed by atoms with Crippen molar-refractivity contribution in [2.45, 2.75) is 6.54 Å². The first-order valence-corrected chi connectivity index (χ1v) is 6.45. The molecule has 0 aliphatic heterocycles. The summed E-state index contributed by atoms with van der Waals surface area (Å²) in [5.74, 6) is 0.601. The van der Waals surface area contributed by atoms with Gasteiger partial charge >= 0.3 is 0 Å². The number of aryl methyl sites for hydroxylation is 1. The highest BCUT2D eigenvalue weighted by Gasteiger charge is 2.11. The van der Waals surface area contributed by atoms with Gasteiger partial charge in [0.05, 0.1) is 6.33 Å². The van der Waals surface area contributed by atoms with Crippen LogP contribution in [0.3, 0.4) is 0 Å². The van der Waals surface area contributed by atoms with Gasteiger partial charge < -0.3 is 15.6 Å². The van der Waals surface area contributed by atoms with Crippen LogP contribution in [0.1, 0.15) is 5.56 Å². The van der Waals surface area contributed by atoms with E-state index >= 15 is 0 Å². The average Bonchev–Trinajstić information content (AvgIpc) is 2.79. The molecule has 0 fully saturated rings. The Morgan fingerprint density at radius 1 is 1.30 bits per heavy atom. The van der Waals surface area contributed by atoms with Crippen molar-refractivity contribution in [2.75, 3.05) is 11.1 Å². The van der Waals surface area contributed by atoms with E-state index in [1.54, 1.807) is 10.9 Å². The normalized spacial score (nSPS) is 10.9. The van der Waals surface area contributed by atoms with E-state index in [0.29, 0.717) is 23.5 Å². The van der Waals surface area contributed by atoms with Crippen molar-refractivity contribution < 1.29 is 0 Å². The van der Waals surface area contributed by atoms with Crippen LogP contribution < -0.4 is 11.1 Å². The number of aromatic nitrogens is 4. The van der Waals surface area contributed by atoms with Crippen molar-refractivity contribution in [1.82, 2.24) is 19.5 Å². The molecule has 3 rings (SSSR count). The summed E-state index contributed by atoms with van der Waals surface area (Å²) in [6, 6.07) is 7.66. The van der Waals surface area contributed by atoms with Gasteiger partial charge in [0.25, 0.3) is 0 Å². The zero-order valence-corrected chi connectivity index (χ0v) is 11.6. The Labute approximate surface area is 120 Å². The molecule has 0 saturated carbocycles. The van der Waals surface area contributed by atoms with E-state index < -0.39 is 0 Å². The highest BCUT2D eigenvalue weighted by molar-refractivity contribution is 6.28. The van der Waals surface area contributed by atoms with Crippen LogP contribution in [0.2, 0.25) is 5.28 Å². The second-order valence-electron chi connectivity index (χ2n) is 4.42. The van der Waals surface area contributed by atoms with Gasteiger partial charge in [0, 0.05) is 19.3 Å². The van der Waals surface area contributed by atoms with Crippen LogP contribution in [0.5, 0.6) is 0 Å². The SMILES string of the molecule is Cn1cnc2c(NCc3ccccc3N)nc(Cl)nc21. The van der Waals surface area contributed by atoms with Gasteiger partial charge in [-0.15, -0.1) is 0 Å². The predicted octanol–water partition coefficient (Wildman–Crippen LogP) is 2.21. The third kappa shape index (κ3) is 2.25. The highest BCUT2D eigenvalue weighted by Crippen LogP contribution is 2.21. The molecule has 0 atom stereocenters. The van der Waals surface area contributed by atoms with Crippen molar-refractivity contribution in [2.24, 2.45) is 7.05 Å². The maximum Gasteiger partial charge on any atom is 0.226 e. The number of imidazole rings is 1. The molecule has 2 aromatic heterocycles. The summed E-state index contributed by atoms with van der Waals surface area (Å²) in [5, 5.41) is 3.39. The number of fused-ring (bicyclic) bond motifs is 1. The lowest BCUT2D eigenvalue weighted by atomic mass is 10.2. The molecule has 0 aliphatic rings. The topological polar surface area (TPSA) is 81.7 Å². The zero-order chi connectivity index (χ0) is 14.1. The summed E-state index contributed by atoms with van der Waals surface area (Å²) in [7, 11) is 1.86. The van der Waals surface area contributed by atoms with E-state index in [4.69, 9.17) is 17.3 Å². The predicted molar refractivity (Wildman–Crippen MR) is 79.5 cm³/mol. The molecule has 0 radical (unpaired) electrons. The summed E-state index contributed by atoms with van der Waals surface area (Å²) in [5.41, 5.74) is 9.01. The van der Waals surface area contributed by atoms with Crippen molar-refractivity contribution >= 4 is 34.3 Å². The van der Waals surface area contributed by atoms with Gasteiger partial charge in [0.15, 0.2) is 17.0 Å². The quantitative estimate of drug-likeness (QED) is 0.570. The van der Waals surface area contributed by atoms with E-state index in [1.165, 1.54) is 0 Å². The third-order valence-corrected chi connectivity index (χ3v) is 3.20. The van der Waals surface area contributed by atoms with Crippen LogP contribution in [0.25, 0.3) is 11.2 Å². The lowest BCUT2D eigenvalue weighted by molar-refractivity contribution is 0.928. The number of benzene rings is 1. The maximum atomic E-state index is 5.94. The summed E-state index contributed by atoms with van der Waals surface area (Å²) >= 11 is 5.94. The summed E-state index contributed by atoms with van der Waals surface area (Å²) < 4.78 is 1.80. The second-order valence-corrected chi connectivity index (χ2v) is 4.76. The molecule has 2 heterocycles. The van der Waals surface area contributed by atoms with Gasteiger partial charge in [-0.1, -0.05) is 18.2 Å². The van der Waals surface area contributed by atoms with Crippen molar-refractivity contribution in [1.29, 1.82) is 0 Å². The summed E-state index contributed by atoms with van der Waals surface area (Å²) in [6.45, 7) is 0.547. The Hall–Kier alpha value is -2.34. The van der Waals surface area contributed by atoms with E-state index in [1.807, 2.05) is 31.3 Å². The molecule has 102 valence electrons. The minimum atomic E-state index is 0.185. The first-order chi connectivity index (χ1) is 9.65. The minimum Gasteiger partial charge on any atom is -0.398 e. The monoisotopic (exact) mass is 288 g/mol. The van der Waals surface area contributed by atoms with Crippen LogP contribution in [-0.4, -0.2) is 19.5 Å². The Kier molecular flexibility index (Phi) is 3.15. The van der Waals surface area contributed by atoms with Crippen LogP contribution in [-0.2, 0) is 13.6 Å². The van der Waals surface area contributed by atoms with Crippen LogP contribution in [0.4, 0.5) is 11.5 Å². The summed E-state index contributed by atoms with van der Waals surface area (Å²) in [6.07, 6.45) is 1.68. The number of nitrogens with two attached hydrogens (primary N) is 1. The fourth-order valence-electron chi connectivity index (χ4n) is 1.98. The minimum absolute atomic E-state index is 0.185. The van der Waals surface area contributed by atoms with E-state index in [2.05, 4.69) is 20.3 Å². The largest absolute Gasteiger partial charge is 0.398 e. The fourth-order valence-corrected chi connectivity index (χ4v) is 2.14. The Morgan fingerprint density at radius 2 is 2.10 bits per heavy atom. The highest BCUT2D eigenvalue weighted by atomic mass is 35.5. The van der Waals surface area contributed by atoms with Crippen LogP contribution >= 0.6 is 11.6 Å². The third-order valence-electron chi connectivity index (χ3n) is 3.03. The molecule has 3 aromatic rings. The number of hydrogen-bond acceptors (Lipinski definition) is 5. The second kappa shape index (κ2) is 4.97. The molecule has 7 heteroatoms. The van der Waals surface area contributed by atoms with Crippen LogP contribution in [0, 0.1) is 0 Å². The van der Waals surface area contributed by atoms with Gasteiger partial charge in [-0.3, -0.25) is 0 Å². The van der Waals surface area contributed by atoms with E-state index in [-0.39, 0.29) is 5.28 Å². The number of hydrogen-bond donors (Lipinski definition) is 2. The lowest BCUT2D eigenvalue weighted by Crippen LogP contribution is -2.05. The maximum absolute atomic E-state index is 5.94. The Bertz CT molecular complexity index is 767. The molecule has 0 unspecified atom stereocenters. The average molecular weight is 289 g/mol. The molecule has 0 saturated heterocycles. The molecule has 0 spiro atoms. The van der Waals surface area contributed by atoms with Gasteiger partial charge in [-0.25, -0.2) is 4.98 Å². The standard InChI is InChI=1S/C13H13ClN6/c1-20-7-17-10-11(18-13(14)19-12(10)20)16-6-8-4-2-3-5-9(8)15/h2-5,7H,6,15H2,1H3,(H,16,18,19). The van der Waals surface area contributed by atoms with E-state index in [0.717, 1.165) is 11.3 Å². The number of nitrogen functional groups attached to an aromatic ring is 1. The first-order valence-electron chi connectivity index (χ1n) is 6.07. The molecule has 0 aliphatic carbocycles. The molecular formula is C13H13ClN6. The number of anilines is 2. The van der Waals surface area contributed by atoms with Crippen molar-refractivity contribution in [3.63, 3.8) is 0 Å². The molecule has 0 bridgehead atoms. The van der Waals surface area contributed by atoms with Gasteiger partial charge in [0.2, 0.25) is 5.28 Å². The summed E-state index contributed by atoms with van der Waals surface area (Å²) in [4.78, 5) is 12.6. The smallest absolute Gasteiger partial charge is 0.226 e. The fraction of sp³-hybridized carbons (Fsp3) is 0.154. The van der Waals surface area contributed by atoms with Crippen molar-refractivity contribution in [3.05, 3.63) is 41.4 Å². The molecule has 0 amide bonds. The Morgan fingerprint density at radius 3 is 2.90 bits per heavy atom. The zero-order valence-electron chi connectivity index (χ0n) is 10.8. The molecular weight excluding hydrogens is 276 g/mol. The van der Waals surface area contributed by atoms with E-state index in [9.17, 15) is 0 Å². The number of halogens is 1. The Balaban J connectivity index is 1.93. The van der Waals surface area contributed by atoms with Gasteiger partial charge in [-0.05, 0) is 23.2 Å². The molecule has 6 nitrogen and oxygen atoms in total. The number of nitrogens with zero attached hydrogens (tertiary/aromatic N) is 4. The number of nitrogens with one attached hydrogen (secondary N) is 1. The van der Waals surface area contributed by atoms with Crippen LogP contribution in [0.15, 0.2) is 30.6 Å². The van der Waals surface area contributed by atoms with Gasteiger partial charge in [0.1, 0.15) is 0 Å². The number of para-hydroxylation sites is 1. The van der Waals surface area contributed by atoms with Gasteiger partial charge in [-0.2, -0.15) is 9.97 Å². The molecule has 1 aromatic carbocycles. The molecule has 3 N–H and O–H groups in total. The van der Waals surface area contributed by atoms with Crippen molar-refractivity contribution in [3.8, 4) is 0 Å². The lowest BCUT2D eigenvalue weighted by Gasteiger charge is -2.08.